The van der Waals surface area contributed by atoms with Crippen molar-refractivity contribution in [2.45, 2.75) is 71.1 Å². The molecule has 0 heterocycles. The van der Waals surface area contributed by atoms with Crippen LogP contribution in [0.2, 0.25) is 0 Å². The molecule has 200 valence electrons. The highest BCUT2D eigenvalue weighted by Gasteiger charge is 2.38. The zero-order chi connectivity index (χ0) is 27.1. The monoisotopic (exact) mass is 502 g/mol. The quantitative estimate of drug-likeness (QED) is 0.0924. The Hall–Kier alpha value is -3.26. The molecule has 0 spiro atoms. The first-order valence-corrected chi connectivity index (χ1v) is 11.3. The minimum Gasteiger partial charge on any atom is -0.449 e. The molecule has 35 heavy (non-hydrogen) atoms. The molecule has 0 aromatic carbocycles. The van der Waals surface area contributed by atoms with Gasteiger partial charge in [0.1, 0.15) is 12.3 Å². The fraction of sp³-hybridized carbons (Fsp3) is 0.714. The highest BCUT2D eigenvalue weighted by atomic mass is 16.6. The molecule has 14 heteroatoms. The summed E-state index contributed by atoms with van der Waals surface area (Å²) in [6, 6.07) is -4.82. The van der Waals surface area contributed by atoms with Gasteiger partial charge >= 0.3 is 12.2 Å². The van der Waals surface area contributed by atoms with E-state index in [1.807, 2.05) is 0 Å². The Morgan fingerprint density at radius 2 is 1.69 bits per heavy atom. The number of hydrogen-bond donors (Lipinski definition) is 6. The number of ether oxygens (including phenoxy) is 2. The lowest BCUT2D eigenvalue weighted by molar-refractivity contribution is -0.131. The summed E-state index contributed by atoms with van der Waals surface area (Å²) in [7, 11) is 0. The van der Waals surface area contributed by atoms with Crippen molar-refractivity contribution in [3.8, 4) is 0 Å². The van der Waals surface area contributed by atoms with Gasteiger partial charge in [0.25, 0.3) is 0 Å². The molecular formula is C21H38N6O8. The first-order valence-electron chi connectivity index (χ1n) is 11.3. The summed E-state index contributed by atoms with van der Waals surface area (Å²) in [6.07, 6.45) is -1.27. The molecule has 0 fully saturated rings. The van der Waals surface area contributed by atoms with Crippen LogP contribution in [-0.2, 0) is 23.9 Å². The predicted molar refractivity (Wildman–Crippen MR) is 125 cm³/mol. The maximum absolute atomic E-state index is 12.9. The van der Waals surface area contributed by atoms with E-state index in [9.17, 15) is 29.1 Å². The van der Waals surface area contributed by atoms with Crippen LogP contribution in [0.4, 0.5) is 9.59 Å². The van der Waals surface area contributed by atoms with Gasteiger partial charge in [-0.2, -0.15) is 4.90 Å². The maximum Gasteiger partial charge on any atom is 0.420 e. The van der Waals surface area contributed by atoms with Crippen LogP contribution in [0.5, 0.6) is 0 Å². The molecular weight excluding hydrogens is 464 g/mol. The van der Waals surface area contributed by atoms with Gasteiger partial charge in [-0.25, -0.2) is 9.59 Å². The van der Waals surface area contributed by atoms with Crippen LogP contribution in [0.1, 0.15) is 47.0 Å². The molecule has 8 N–H and O–H groups in total. The molecule has 4 atom stereocenters. The van der Waals surface area contributed by atoms with E-state index in [2.05, 4.69) is 10.6 Å². The van der Waals surface area contributed by atoms with Crippen LogP contribution in [0, 0.1) is 11.3 Å². The SMILES string of the molecule is CCCOC(=O)N(C(=O)OCC(C)C)[C@@H](CO)C(=O)N[C@@H](C)C(=O)C(CC[C@H](N)C=O)NC(=N)N. The first-order chi connectivity index (χ1) is 16.4. The molecule has 0 aliphatic carbocycles. The molecule has 0 aromatic rings. The Morgan fingerprint density at radius 1 is 1.09 bits per heavy atom. The van der Waals surface area contributed by atoms with E-state index in [-0.39, 0.29) is 32.0 Å². The minimum atomic E-state index is -1.74. The van der Waals surface area contributed by atoms with Gasteiger partial charge in [0.2, 0.25) is 5.91 Å². The van der Waals surface area contributed by atoms with Crippen molar-refractivity contribution in [1.82, 2.24) is 15.5 Å². The molecule has 0 radical (unpaired) electrons. The van der Waals surface area contributed by atoms with Crippen LogP contribution >= 0.6 is 0 Å². The third-order valence-electron chi connectivity index (χ3n) is 4.57. The molecule has 3 amide bonds. The Bertz CT molecular complexity index is 747. The van der Waals surface area contributed by atoms with Gasteiger partial charge < -0.3 is 41.5 Å². The average molecular weight is 503 g/mol. The number of aliphatic hydroxyl groups is 1. The smallest absolute Gasteiger partial charge is 0.420 e. The Morgan fingerprint density at radius 3 is 2.17 bits per heavy atom. The number of aliphatic hydroxyl groups excluding tert-OH is 1. The number of rotatable bonds is 15. The zero-order valence-electron chi connectivity index (χ0n) is 20.6. The van der Waals surface area contributed by atoms with E-state index < -0.39 is 60.6 Å². The molecule has 0 saturated carbocycles. The Labute approximate surface area is 204 Å². The molecule has 0 aromatic heterocycles. The van der Waals surface area contributed by atoms with E-state index >= 15 is 0 Å². The second kappa shape index (κ2) is 16.4. The highest BCUT2D eigenvalue weighted by Crippen LogP contribution is 2.10. The van der Waals surface area contributed by atoms with Crippen LogP contribution in [0.25, 0.3) is 0 Å². The van der Waals surface area contributed by atoms with Crippen molar-refractivity contribution in [3.05, 3.63) is 0 Å². The lowest BCUT2D eigenvalue weighted by Crippen LogP contribution is -2.58. The Balaban J connectivity index is 5.62. The summed E-state index contributed by atoms with van der Waals surface area (Å²) in [4.78, 5) is 61.9. The number of carbonyl (C=O) groups is 5. The molecule has 1 unspecified atom stereocenters. The largest absolute Gasteiger partial charge is 0.449 e. The fourth-order valence-electron chi connectivity index (χ4n) is 2.76. The third-order valence-corrected chi connectivity index (χ3v) is 4.57. The lowest BCUT2D eigenvalue weighted by Gasteiger charge is -2.28. The topological polar surface area (TPSA) is 227 Å². The van der Waals surface area contributed by atoms with Gasteiger partial charge in [0.05, 0.1) is 37.9 Å². The van der Waals surface area contributed by atoms with Crippen molar-refractivity contribution in [3.63, 3.8) is 0 Å². The highest BCUT2D eigenvalue weighted by molar-refractivity contribution is 5.99. The van der Waals surface area contributed by atoms with Gasteiger partial charge in [-0.3, -0.25) is 15.0 Å². The van der Waals surface area contributed by atoms with Crippen molar-refractivity contribution < 1.29 is 38.6 Å². The maximum atomic E-state index is 12.9. The third kappa shape index (κ3) is 11.6. The van der Waals surface area contributed by atoms with Gasteiger partial charge in [0, 0.05) is 0 Å². The van der Waals surface area contributed by atoms with Crippen molar-refractivity contribution in [1.29, 1.82) is 5.41 Å². The van der Waals surface area contributed by atoms with Crippen molar-refractivity contribution in [2.24, 2.45) is 17.4 Å². The van der Waals surface area contributed by atoms with Crippen LogP contribution in [-0.4, -0.2) is 90.1 Å². The van der Waals surface area contributed by atoms with E-state index in [0.717, 1.165) is 0 Å². The van der Waals surface area contributed by atoms with E-state index in [0.29, 0.717) is 17.6 Å². The van der Waals surface area contributed by atoms with Crippen LogP contribution in [0.15, 0.2) is 0 Å². The predicted octanol–water partition coefficient (Wildman–Crippen LogP) is -0.780. The Kier molecular flexibility index (Phi) is 14.9. The van der Waals surface area contributed by atoms with Gasteiger partial charge in [0.15, 0.2) is 11.7 Å². The molecule has 14 nitrogen and oxygen atoms in total. The van der Waals surface area contributed by atoms with Crippen LogP contribution in [0.3, 0.4) is 0 Å². The van der Waals surface area contributed by atoms with Gasteiger partial charge in [-0.15, -0.1) is 0 Å². The number of aldehydes is 1. The van der Waals surface area contributed by atoms with Crippen molar-refractivity contribution in [2.75, 3.05) is 19.8 Å². The summed E-state index contributed by atoms with van der Waals surface area (Å²) in [6.45, 7) is 5.54. The van der Waals surface area contributed by atoms with Gasteiger partial charge in [-0.1, -0.05) is 20.8 Å². The van der Waals surface area contributed by atoms with Crippen LogP contribution < -0.4 is 22.1 Å². The zero-order valence-corrected chi connectivity index (χ0v) is 20.6. The summed E-state index contributed by atoms with van der Waals surface area (Å²) < 4.78 is 9.99. The number of guanidine groups is 1. The van der Waals surface area contributed by atoms with Crippen molar-refractivity contribution >= 4 is 36.1 Å². The summed E-state index contributed by atoms with van der Waals surface area (Å²) in [5.74, 6) is -2.20. The molecule has 0 bridgehead atoms. The number of Topliss-reactive ketones (excluding diaryl/α,β-unsaturated/α-hetero) is 1. The number of nitrogens with one attached hydrogen (secondary N) is 3. The second-order valence-corrected chi connectivity index (χ2v) is 8.27. The summed E-state index contributed by atoms with van der Waals surface area (Å²) in [5, 5.41) is 22.0. The molecule has 0 aliphatic rings. The second-order valence-electron chi connectivity index (χ2n) is 8.27. The summed E-state index contributed by atoms with van der Waals surface area (Å²) >= 11 is 0. The molecule has 0 rings (SSSR count). The average Bonchev–Trinajstić information content (AvgIpc) is 2.80. The standard InChI is InChI=1S/C21H38N6O8/c1-5-8-34-20(32)27(21(33)35-11-12(2)3)16(10-29)18(31)25-13(4)17(30)15(26-19(23)24)7-6-14(22)9-28/h9,12-16,29H,5-8,10-11,22H2,1-4H3,(H,25,31)(H4,23,24,26)/t13-,14-,15?,16-/m0/s1. The normalized spacial score (nSPS) is 14.1. The number of carbonyl (C=O) groups excluding carboxylic acids is 5. The summed E-state index contributed by atoms with van der Waals surface area (Å²) in [5.41, 5.74) is 10.9. The number of amides is 3. The lowest BCUT2D eigenvalue weighted by atomic mass is 9.99. The molecule has 0 aliphatic heterocycles. The first kappa shape index (κ1) is 31.7. The van der Waals surface area contributed by atoms with E-state index in [1.165, 1.54) is 6.92 Å². The van der Waals surface area contributed by atoms with E-state index in [4.69, 9.17) is 26.4 Å². The number of hydrogen-bond acceptors (Lipinski definition) is 10. The minimum absolute atomic E-state index is 0.0389. The molecule has 0 saturated heterocycles. The fourth-order valence-corrected chi connectivity index (χ4v) is 2.76. The number of nitrogens with two attached hydrogens (primary N) is 2. The van der Waals surface area contributed by atoms with E-state index in [1.54, 1.807) is 20.8 Å². The number of imide groups is 1. The van der Waals surface area contributed by atoms with Gasteiger partial charge in [-0.05, 0) is 32.1 Å². The number of ketones is 1. The number of nitrogens with zero attached hydrogens (tertiary/aromatic N) is 1.